The van der Waals surface area contributed by atoms with E-state index in [2.05, 4.69) is 39.2 Å². The molecular weight excluding hydrogens is 501 g/mol. The Morgan fingerprint density at radius 3 is 2.55 bits per heavy atom. The van der Waals surface area contributed by atoms with Crippen LogP contribution < -0.4 is 15.4 Å². The van der Waals surface area contributed by atoms with Gasteiger partial charge in [0.25, 0.3) is 0 Å². The number of hydrogen-bond donors (Lipinski definition) is 2. The molecule has 4 aromatic rings. The van der Waals surface area contributed by atoms with Gasteiger partial charge in [0, 0.05) is 36.2 Å². The van der Waals surface area contributed by atoms with Gasteiger partial charge in [0.1, 0.15) is 11.6 Å². The smallest absolute Gasteiger partial charge is 0.226 e. The third kappa shape index (κ3) is 5.10. The van der Waals surface area contributed by atoms with Gasteiger partial charge < -0.3 is 24.8 Å². The highest BCUT2D eigenvalue weighted by molar-refractivity contribution is 7.80. The zero-order valence-corrected chi connectivity index (χ0v) is 21.9. The summed E-state index contributed by atoms with van der Waals surface area (Å²) in [5, 5.41) is 6.62. The van der Waals surface area contributed by atoms with Crippen LogP contribution in [-0.4, -0.2) is 39.1 Å². The van der Waals surface area contributed by atoms with Crippen LogP contribution in [0.15, 0.2) is 85.1 Å². The number of benzene rings is 2. The summed E-state index contributed by atoms with van der Waals surface area (Å²) in [6.45, 7) is 2.39. The Balaban J connectivity index is 1.47. The van der Waals surface area contributed by atoms with E-state index in [-0.39, 0.29) is 30.1 Å². The van der Waals surface area contributed by atoms with Crippen molar-refractivity contribution < 1.29 is 13.9 Å². The fourth-order valence-electron chi connectivity index (χ4n) is 4.84. The van der Waals surface area contributed by atoms with Crippen LogP contribution in [0.5, 0.6) is 5.75 Å². The summed E-state index contributed by atoms with van der Waals surface area (Å²) in [6.07, 6.45) is 1.89. The Kier molecular flexibility index (Phi) is 7.37. The summed E-state index contributed by atoms with van der Waals surface area (Å²) >= 11 is 5.77. The van der Waals surface area contributed by atoms with E-state index in [1.165, 1.54) is 6.07 Å². The number of ether oxygens (including phenoxy) is 1. The molecule has 2 aromatic heterocycles. The first-order valence-electron chi connectivity index (χ1n) is 12.3. The molecule has 2 N–H and O–H groups in total. The average molecular weight is 530 g/mol. The van der Waals surface area contributed by atoms with Crippen molar-refractivity contribution in [2.75, 3.05) is 19.0 Å². The summed E-state index contributed by atoms with van der Waals surface area (Å²) < 4.78 is 21.6. The molecule has 38 heavy (non-hydrogen) atoms. The molecule has 0 unspecified atom stereocenters. The molecule has 0 bridgehead atoms. The van der Waals surface area contributed by atoms with Gasteiger partial charge in [-0.05, 0) is 79.8 Å². The van der Waals surface area contributed by atoms with Crippen LogP contribution in [0.2, 0.25) is 0 Å². The van der Waals surface area contributed by atoms with Gasteiger partial charge in [0.05, 0.1) is 30.6 Å². The summed E-state index contributed by atoms with van der Waals surface area (Å²) in [5.41, 5.74) is 4.05. The van der Waals surface area contributed by atoms with E-state index >= 15 is 0 Å². The van der Waals surface area contributed by atoms with Crippen molar-refractivity contribution in [1.82, 2.24) is 19.8 Å². The molecule has 0 spiro atoms. The standard InChI is InChI=1S/C29H28FN5O2S/c1-19-10-15-25(35(19)20-11-13-21(37-2)14-12-20)28-27(24-9-5-6-17-31-24)33-29(38)34(28)18-16-26(36)32-23-8-4-3-7-22(23)30/h3-15,17,27-28H,16,18H2,1-2H3,(H,32,36)(H,33,38)/t27-,28-/m1/s1. The minimum Gasteiger partial charge on any atom is -0.497 e. The van der Waals surface area contributed by atoms with Crippen molar-refractivity contribution in [2.45, 2.75) is 25.4 Å². The highest BCUT2D eigenvalue weighted by Crippen LogP contribution is 2.40. The summed E-state index contributed by atoms with van der Waals surface area (Å²) in [4.78, 5) is 19.4. The van der Waals surface area contributed by atoms with Gasteiger partial charge >= 0.3 is 0 Å². The Labute approximate surface area is 226 Å². The second-order valence-corrected chi connectivity index (χ2v) is 9.42. The zero-order valence-electron chi connectivity index (χ0n) is 21.1. The lowest BCUT2D eigenvalue weighted by molar-refractivity contribution is -0.116. The molecule has 1 aliphatic heterocycles. The first-order chi connectivity index (χ1) is 18.5. The lowest BCUT2D eigenvalue weighted by atomic mass is 10.0. The number of para-hydroxylation sites is 1. The van der Waals surface area contributed by atoms with Crippen molar-refractivity contribution in [3.63, 3.8) is 0 Å². The van der Waals surface area contributed by atoms with Crippen LogP contribution in [-0.2, 0) is 4.79 Å². The molecule has 1 saturated heterocycles. The average Bonchev–Trinajstić information content (AvgIpc) is 3.48. The quantitative estimate of drug-likeness (QED) is 0.301. The number of hydrogen-bond acceptors (Lipinski definition) is 4. The number of nitrogens with one attached hydrogen (secondary N) is 2. The monoisotopic (exact) mass is 529 g/mol. The predicted octanol–water partition coefficient (Wildman–Crippen LogP) is 5.33. The minimum atomic E-state index is -0.472. The van der Waals surface area contributed by atoms with Gasteiger partial charge in [-0.2, -0.15) is 0 Å². The molecule has 0 saturated carbocycles. The molecule has 5 rings (SSSR count). The molecule has 2 atom stereocenters. The number of anilines is 1. The number of thiocarbonyl (C=S) groups is 1. The number of rotatable bonds is 8. The number of carbonyl (C=O) groups is 1. The summed E-state index contributed by atoms with van der Waals surface area (Å²) in [6, 6.07) is 23.5. The van der Waals surface area contributed by atoms with Crippen LogP contribution in [0.1, 0.15) is 35.6 Å². The second kappa shape index (κ2) is 11.0. The van der Waals surface area contributed by atoms with Crippen molar-refractivity contribution in [1.29, 1.82) is 0 Å². The van der Waals surface area contributed by atoms with Crippen molar-refractivity contribution in [2.24, 2.45) is 0 Å². The summed E-state index contributed by atoms with van der Waals surface area (Å²) in [7, 11) is 1.64. The molecule has 7 nitrogen and oxygen atoms in total. The number of pyridine rings is 1. The van der Waals surface area contributed by atoms with Gasteiger partial charge in [-0.15, -0.1) is 0 Å². The maximum Gasteiger partial charge on any atom is 0.226 e. The van der Waals surface area contributed by atoms with Crippen LogP contribution in [0.25, 0.3) is 5.69 Å². The fourth-order valence-corrected chi connectivity index (χ4v) is 5.17. The number of amides is 1. The molecule has 3 heterocycles. The number of aromatic nitrogens is 2. The molecule has 1 amide bonds. The molecule has 1 fully saturated rings. The molecule has 0 aliphatic carbocycles. The van der Waals surface area contributed by atoms with Crippen LogP contribution in [0.4, 0.5) is 10.1 Å². The maximum atomic E-state index is 14.1. The van der Waals surface area contributed by atoms with Crippen molar-refractivity contribution in [3.05, 3.63) is 108 Å². The van der Waals surface area contributed by atoms with Gasteiger partial charge in [0.15, 0.2) is 5.11 Å². The highest BCUT2D eigenvalue weighted by Gasteiger charge is 2.41. The number of carbonyl (C=O) groups excluding carboxylic acids is 1. The number of halogens is 1. The topological polar surface area (TPSA) is 71.4 Å². The molecule has 0 radical (unpaired) electrons. The van der Waals surface area contributed by atoms with E-state index in [0.29, 0.717) is 11.7 Å². The van der Waals surface area contributed by atoms with Gasteiger partial charge in [-0.3, -0.25) is 9.78 Å². The summed E-state index contributed by atoms with van der Waals surface area (Å²) in [5.74, 6) is 0.0115. The Morgan fingerprint density at radius 1 is 1.08 bits per heavy atom. The van der Waals surface area contributed by atoms with Gasteiger partial charge in [-0.1, -0.05) is 18.2 Å². The third-order valence-electron chi connectivity index (χ3n) is 6.67. The second-order valence-electron chi connectivity index (χ2n) is 9.03. The maximum absolute atomic E-state index is 14.1. The lowest BCUT2D eigenvalue weighted by Gasteiger charge is -2.29. The van der Waals surface area contributed by atoms with Crippen LogP contribution in [0, 0.1) is 12.7 Å². The van der Waals surface area contributed by atoms with Crippen LogP contribution in [0.3, 0.4) is 0 Å². The largest absolute Gasteiger partial charge is 0.497 e. The Bertz CT molecular complexity index is 1440. The first kappa shape index (κ1) is 25.4. The van der Waals surface area contributed by atoms with E-state index in [1.54, 1.807) is 31.5 Å². The van der Waals surface area contributed by atoms with E-state index < -0.39 is 5.82 Å². The van der Waals surface area contributed by atoms with E-state index in [1.807, 2.05) is 47.4 Å². The van der Waals surface area contributed by atoms with Crippen LogP contribution >= 0.6 is 12.2 Å². The Hall–Kier alpha value is -4.24. The van der Waals surface area contributed by atoms with E-state index in [9.17, 15) is 9.18 Å². The molecule has 9 heteroatoms. The van der Waals surface area contributed by atoms with E-state index in [0.717, 1.165) is 28.5 Å². The number of aryl methyl sites for hydroxylation is 1. The van der Waals surface area contributed by atoms with Crippen molar-refractivity contribution >= 4 is 28.9 Å². The highest BCUT2D eigenvalue weighted by atomic mass is 32.1. The Morgan fingerprint density at radius 2 is 1.84 bits per heavy atom. The fraction of sp³-hybridized carbons (Fsp3) is 0.207. The normalized spacial score (nSPS) is 16.8. The number of methoxy groups -OCH3 is 1. The lowest BCUT2D eigenvalue weighted by Crippen LogP contribution is -2.33. The molecular formula is C29H28FN5O2S. The minimum absolute atomic E-state index is 0.129. The SMILES string of the molecule is COc1ccc(-n2c(C)ccc2[C@@H]2[C@@H](c3ccccn3)NC(=S)N2CCC(=O)Nc2ccccc2F)cc1. The molecule has 1 aliphatic rings. The van der Waals surface area contributed by atoms with Gasteiger partial charge in [-0.25, -0.2) is 4.39 Å². The molecule has 194 valence electrons. The van der Waals surface area contributed by atoms with Crippen molar-refractivity contribution in [3.8, 4) is 11.4 Å². The predicted molar refractivity (Wildman–Crippen MR) is 149 cm³/mol. The van der Waals surface area contributed by atoms with E-state index in [4.69, 9.17) is 17.0 Å². The number of nitrogens with zero attached hydrogens (tertiary/aromatic N) is 3. The van der Waals surface area contributed by atoms with Gasteiger partial charge in [0.2, 0.25) is 5.91 Å². The first-order valence-corrected chi connectivity index (χ1v) is 12.7. The third-order valence-corrected chi connectivity index (χ3v) is 7.02. The zero-order chi connectivity index (χ0) is 26.6. The molecule has 2 aromatic carbocycles.